The lowest BCUT2D eigenvalue weighted by molar-refractivity contribution is -0.117. The summed E-state index contributed by atoms with van der Waals surface area (Å²) in [4.78, 5) is 11.7. The van der Waals surface area contributed by atoms with E-state index >= 15 is 0 Å². The van der Waals surface area contributed by atoms with Gasteiger partial charge in [0.1, 0.15) is 17.4 Å². The van der Waals surface area contributed by atoms with Gasteiger partial charge in [0, 0.05) is 18.9 Å². The summed E-state index contributed by atoms with van der Waals surface area (Å²) < 4.78 is 52.3. The molecule has 5 heteroatoms. The van der Waals surface area contributed by atoms with Crippen molar-refractivity contribution < 1.29 is 22.4 Å². The van der Waals surface area contributed by atoms with Gasteiger partial charge in [-0.05, 0) is 29.3 Å². The second-order valence-electron chi connectivity index (χ2n) is 4.38. The molecule has 0 aliphatic rings. The smallest absolute Gasteiger partial charge is 0.162 e. The normalized spacial score (nSPS) is 10.6. The zero-order valence-corrected chi connectivity index (χ0v) is 10.3. The van der Waals surface area contributed by atoms with E-state index in [4.69, 9.17) is 0 Å². The molecule has 0 saturated carbocycles. The van der Waals surface area contributed by atoms with Gasteiger partial charge in [-0.15, -0.1) is 0 Å². The summed E-state index contributed by atoms with van der Waals surface area (Å²) in [6.07, 6.45) is -0.577. The van der Waals surface area contributed by atoms with E-state index in [1.807, 2.05) is 0 Å². The Morgan fingerprint density at radius 3 is 2.20 bits per heavy atom. The molecule has 0 saturated heterocycles. The van der Waals surface area contributed by atoms with Crippen LogP contribution in [0.4, 0.5) is 17.6 Å². The Balaban J connectivity index is 2.11. The molecule has 0 N–H and O–H groups in total. The summed E-state index contributed by atoms with van der Waals surface area (Å²) in [7, 11) is 0. The largest absolute Gasteiger partial charge is 0.299 e. The highest BCUT2D eigenvalue weighted by atomic mass is 19.2. The Labute approximate surface area is 112 Å². The average Bonchev–Trinajstić information content (AvgIpc) is 2.33. The summed E-state index contributed by atoms with van der Waals surface area (Å²) in [6.45, 7) is 0. The molecule has 0 aliphatic carbocycles. The third-order valence-corrected chi connectivity index (χ3v) is 2.74. The van der Waals surface area contributed by atoms with Gasteiger partial charge in [-0.2, -0.15) is 0 Å². The Bertz CT molecular complexity index is 632. The van der Waals surface area contributed by atoms with Crippen LogP contribution in [0.2, 0.25) is 0 Å². The molecule has 2 aromatic carbocycles. The van der Waals surface area contributed by atoms with Crippen molar-refractivity contribution in [1.29, 1.82) is 0 Å². The van der Waals surface area contributed by atoms with Gasteiger partial charge < -0.3 is 0 Å². The molecule has 0 spiro atoms. The van der Waals surface area contributed by atoms with Gasteiger partial charge in [-0.1, -0.05) is 12.1 Å². The number of ketones is 1. The van der Waals surface area contributed by atoms with Crippen LogP contribution in [-0.4, -0.2) is 5.78 Å². The van der Waals surface area contributed by atoms with E-state index in [1.54, 1.807) is 0 Å². The highest BCUT2D eigenvalue weighted by Gasteiger charge is 2.13. The van der Waals surface area contributed by atoms with Gasteiger partial charge >= 0.3 is 0 Å². The first-order valence-electron chi connectivity index (χ1n) is 5.85. The first-order valence-corrected chi connectivity index (χ1v) is 5.85. The Hall–Kier alpha value is -2.17. The highest BCUT2D eigenvalue weighted by Crippen LogP contribution is 2.14. The fraction of sp³-hybridized carbons (Fsp3) is 0.133. The molecule has 2 rings (SSSR count). The lowest BCUT2D eigenvalue weighted by Crippen LogP contribution is -2.09. The number of hydrogen-bond donors (Lipinski definition) is 0. The lowest BCUT2D eigenvalue weighted by Gasteiger charge is -2.04. The third kappa shape index (κ3) is 3.44. The summed E-state index contributed by atoms with van der Waals surface area (Å²) in [6, 6.07) is 6.29. The Morgan fingerprint density at radius 1 is 0.900 bits per heavy atom. The molecule has 1 nitrogen and oxygen atoms in total. The molecule has 20 heavy (non-hydrogen) atoms. The predicted octanol–water partition coefficient (Wildman–Crippen LogP) is 3.60. The van der Waals surface area contributed by atoms with Crippen molar-refractivity contribution in [2.24, 2.45) is 0 Å². The first-order chi connectivity index (χ1) is 9.45. The van der Waals surface area contributed by atoms with Gasteiger partial charge in [-0.25, -0.2) is 17.6 Å². The number of halogens is 4. The molecular formula is C15H10F4O. The molecule has 2 aromatic rings. The molecule has 0 amide bonds. The van der Waals surface area contributed by atoms with Crippen LogP contribution in [0.5, 0.6) is 0 Å². The van der Waals surface area contributed by atoms with Gasteiger partial charge in [0.25, 0.3) is 0 Å². The van der Waals surface area contributed by atoms with Crippen LogP contribution < -0.4 is 0 Å². The van der Waals surface area contributed by atoms with E-state index < -0.39 is 29.1 Å². The van der Waals surface area contributed by atoms with Crippen LogP contribution in [-0.2, 0) is 17.6 Å². The number of hydrogen-bond acceptors (Lipinski definition) is 1. The van der Waals surface area contributed by atoms with E-state index in [0.717, 1.165) is 18.2 Å². The summed E-state index contributed by atoms with van der Waals surface area (Å²) in [5.41, 5.74) is 0.0798. The highest BCUT2D eigenvalue weighted by molar-refractivity contribution is 5.83. The SMILES string of the molecule is O=C(Cc1cc(F)cc(F)c1)Cc1cccc(F)c1F. The van der Waals surface area contributed by atoms with Gasteiger partial charge in [0.2, 0.25) is 0 Å². The summed E-state index contributed by atoms with van der Waals surface area (Å²) >= 11 is 0. The van der Waals surface area contributed by atoms with E-state index in [2.05, 4.69) is 0 Å². The van der Waals surface area contributed by atoms with E-state index in [0.29, 0.717) is 6.07 Å². The van der Waals surface area contributed by atoms with Crippen molar-refractivity contribution in [2.75, 3.05) is 0 Å². The zero-order chi connectivity index (χ0) is 14.7. The molecule has 0 fully saturated rings. The van der Waals surface area contributed by atoms with Crippen molar-refractivity contribution in [1.82, 2.24) is 0 Å². The number of benzene rings is 2. The van der Waals surface area contributed by atoms with Crippen molar-refractivity contribution >= 4 is 5.78 Å². The average molecular weight is 282 g/mol. The molecular weight excluding hydrogens is 272 g/mol. The number of carbonyl (C=O) groups is 1. The topological polar surface area (TPSA) is 17.1 Å². The van der Waals surface area contributed by atoms with Crippen molar-refractivity contribution in [3.8, 4) is 0 Å². The number of rotatable bonds is 4. The minimum Gasteiger partial charge on any atom is -0.299 e. The predicted molar refractivity (Wildman–Crippen MR) is 65.1 cm³/mol. The maximum atomic E-state index is 13.4. The van der Waals surface area contributed by atoms with Crippen LogP contribution in [0, 0.1) is 23.3 Å². The molecule has 0 unspecified atom stereocenters. The van der Waals surface area contributed by atoms with Crippen molar-refractivity contribution in [2.45, 2.75) is 12.8 Å². The van der Waals surface area contributed by atoms with E-state index in [-0.39, 0.29) is 24.0 Å². The Morgan fingerprint density at radius 2 is 1.55 bits per heavy atom. The lowest BCUT2D eigenvalue weighted by atomic mass is 10.0. The molecule has 0 bridgehead atoms. The summed E-state index contributed by atoms with van der Waals surface area (Å²) in [5.74, 6) is -4.15. The van der Waals surface area contributed by atoms with Crippen LogP contribution in [0.3, 0.4) is 0 Å². The van der Waals surface area contributed by atoms with Crippen molar-refractivity contribution in [3.05, 3.63) is 70.8 Å². The fourth-order valence-electron chi connectivity index (χ4n) is 1.90. The molecule has 0 heterocycles. The fourth-order valence-corrected chi connectivity index (χ4v) is 1.90. The van der Waals surface area contributed by atoms with Gasteiger partial charge in [0.05, 0.1) is 0 Å². The molecule has 0 radical (unpaired) electrons. The Kier molecular flexibility index (Phi) is 4.17. The third-order valence-electron chi connectivity index (χ3n) is 2.74. The van der Waals surface area contributed by atoms with Crippen LogP contribution in [0.25, 0.3) is 0 Å². The quantitative estimate of drug-likeness (QED) is 0.783. The second-order valence-corrected chi connectivity index (χ2v) is 4.38. The monoisotopic (exact) mass is 282 g/mol. The molecule has 0 aromatic heterocycles. The van der Waals surface area contributed by atoms with E-state index in [1.165, 1.54) is 12.1 Å². The van der Waals surface area contributed by atoms with Crippen molar-refractivity contribution in [3.63, 3.8) is 0 Å². The van der Waals surface area contributed by atoms with Gasteiger partial charge in [0.15, 0.2) is 11.6 Å². The number of carbonyl (C=O) groups excluding carboxylic acids is 1. The number of Topliss-reactive ketones (excluding diaryl/α,β-unsaturated/α-hetero) is 1. The molecule has 0 aliphatic heterocycles. The first kappa shape index (κ1) is 14.2. The maximum absolute atomic E-state index is 13.4. The van der Waals surface area contributed by atoms with Crippen LogP contribution >= 0.6 is 0 Å². The second kappa shape index (κ2) is 5.86. The van der Waals surface area contributed by atoms with E-state index in [9.17, 15) is 22.4 Å². The zero-order valence-electron chi connectivity index (χ0n) is 10.3. The van der Waals surface area contributed by atoms with Crippen LogP contribution in [0.1, 0.15) is 11.1 Å². The molecule has 104 valence electrons. The molecule has 0 atom stereocenters. The summed E-state index contributed by atoms with van der Waals surface area (Å²) in [5, 5.41) is 0. The minimum atomic E-state index is -1.08. The van der Waals surface area contributed by atoms with Gasteiger partial charge in [-0.3, -0.25) is 4.79 Å². The minimum absolute atomic E-state index is 0.0770. The van der Waals surface area contributed by atoms with Crippen LogP contribution in [0.15, 0.2) is 36.4 Å². The maximum Gasteiger partial charge on any atom is 0.162 e. The standard InChI is InChI=1S/C15H10F4O/c16-11-4-9(5-12(17)8-11)6-13(20)7-10-2-1-3-14(18)15(10)19/h1-5,8H,6-7H2.